The third kappa shape index (κ3) is 2.94. The van der Waals surface area contributed by atoms with Gasteiger partial charge in [-0.05, 0) is 53.4 Å². The zero-order valence-corrected chi connectivity index (χ0v) is 23.5. The molecule has 3 aliphatic rings. The van der Waals surface area contributed by atoms with Gasteiger partial charge in [-0.3, -0.25) is 0 Å². The Balaban J connectivity index is 1.58. The Morgan fingerprint density at radius 3 is 1.82 bits per heavy atom. The molecule has 0 aromatic heterocycles. The molecule has 0 atom stereocenters. The predicted molar refractivity (Wildman–Crippen MR) is 167 cm³/mol. The van der Waals surface area contributed by atoms with Crippen molar-refractivity contribution in [3.05, 3.63) is 137 Å². The van der Waals surface area contributed by atoms with E-state index in [4.69, 9.17) is 5.73 Å². The summed E-state index contributed by atoms with van der Waals surface area (Å²) < 4.78 is 0. The monoisotopic (exact) mass is 506 g/mol. The Kier molecular flexibility index (Phi) is 4.95. The van der Waals surface area contributed by atoms with Gasteiger partial charge in [0.15, 0.2) is 6.71 Å². The van der Waals surface area contributed by atoms with Crippen LogP contribution in [0.5, 0.6) is 0 Å². The van der Waals surface area contributed by atoms with Crippen molar-refractivity contribution in [3.8, 4) is 0 Å². The van der Waals surface area contributed by atoms with Crippen LogP contribution in [0.15, 0.2) is 115 Å². The van der Waals surface area contributed by atoms with E-state index in [1.165, 1.54) is 39.1 Å². The summed E-state index contributed by atoms with van der Waals surface area (Å²) in [4.78, 5) is 2.40. The summed E-state index contributed by atoms with van der Waals surface area (Å²) in [6.07, 6.45) is 4.31. The van der Waals surface area contributed by atoms with Crippen LogP contribution in [-0.2, 0) is 5.41 Å². The van der Waals surface area contributed by atoms with Gasteiger partial charge in [0.25, 0.3) is 0 Å². The lowest BCUT2D eigenvalue weighted by molar-refractivity contribution is 0.628. The molecular weight excluding hydrogens is 471 g/mol. The Hall–Kier alpha value is -3.98. The number of benzene rings is 4. The van der Waals surface area contributed by atoms with E-state index in [2.05, 4.69) is 149 Å². The van der Waals surface area contributed by atoms with Crippen LogP contribution < -0.4 is 16.1 Å². The summed E-state index contributed by atoms with van der Waals surface area (Å²) in [6.45, 7) is 12.2. The van der Waals surface area contributed by atoms with E-state index < -0.39 is 5.41 Å². The van der Waals surface area contributed by atoms with Crippen molar-refractivity contribution in [3.63, 3.8) is 0 Å². The number of hydrogen-bond donors (Lipinski definition) is 1. The Morgan fingerprint density at radius 1 is 0.692 bits per heavy atom. The molecule has 0 bridgehead atoms. The molecule has 1 aliphatic carbocycles. The van der Waals surface area contributed by atoms with Gasteiger partial charge >= 0.3 is 0 Å². The van der Waals surface area contributed by atoms with E-state index in [9.17, 15) is 0 Å². The van der Waals surface area contributed by atoms with Crippen LogP contribution in [-0.4, -0.2) is 6.71 Å². The third-order valence-electron chi connectivity index (χ3n) is 10.2. The van der Waals surface area contributed by atoms with Crippen molar-refractivity contribution in [1.29, 1.82) is 0 Å². The molecule has 1 saturated heterocycles. The first-order valence-corrected chi connectivity index (χ1v) is 14.1. The molecule has 39 heavy (non-hydrogen) atoms. The molecule has 192 valence electrons. The molecule has 0 saturated carbocycles. The number of hydrogen-bond acceptors (Lipinski definition) is 2. The van der Waals surface area contributed by atoms with Crippen LogP contribution >= 0.6 is 0 Å². The van der Waals surface area contributed by atoms with Crippen molar-refractivity contribution >= 4 is 34.8 Å². The van der Waals surface area contributed by atoms with Gasteiger partial charge in [-0.25, -0.2) is 0 Å². The lowest BCUT2D eigenvalue weighted by Crippen LogP contribution is -2.40. The molecule has 4 aromatic rings. The number of fused-ring (bicyclic) bond motifs is 6. The molecule has 0 unspecified atom stereocenters. The van der Waals surface area contributed by atoms with Crippen molar-refractivity contribution < 1.29 is 0 Å². The number of nitrogens with zero attached hydrogens (tertiary/aromatic N) is 1. The maximum Gasteiger partial charge on any atom is 0.187 e. The second-order valence-corrected chi connectivity index (χ2v) is 12.5. The van der Waals surface area contributed by atoms with Crippen molar-refractivity contribution in [1.82, 2.24) is 0 Å². The van der Waals surface area contributed by atoms with Crippen molar-refractivity contribution in [2.75, 3.05) is 4.90 Å². The Bertz CT molecular complexity index is 1630. The number of para-hydroxylation sites is 3. The first-order chi connectivity index (χ1) is 18.8. The van der Waals surface area contributed by atoms with Crippen molar-refractivity contribution in [2.24, 2.45) is 5.73 Å². The van der Waals surface area contributed by atoms with Crippen LogP contribution in [0.2, 0.25) is 10.6 Å². The van der Waals surface area contributed by atoms with Crippen LogP contribution in [0.1, 0.15) is 56.9 Å². The maximum absolute atomic E-state index is 7.40. The van der Waals surface area contributed by atoms with Crippen LogP contribution in [0, 0.1) is 0 Å². The zero-order chi connectivity index (χ0) is 27.2. The predicted octanol–water partition coefficient (Wildman–Crippen LogP) is 8.34. The number of allylic oxidation sites excluding steroid dienone is 4. The summed E-state index contributed by atoms with van der Waals surface area (Å²) in [5.41, 5.74) is 18.8. The van der Waals surface area contributed by atoms with E-state index in [0.717, 1.165) is 17.0 Å². The fourth-order valence-electron chi connectivity index (χ4n) is 7.84. The minimum atomic E-state index is -0.568. The fourth-order valence-corrected chi connectivity index (χ4v) is 7.84. The first kappa shape index (κ1) is 24.1. The summed E-state index contributed by atoms with van der Waals surface area (Å²) >= 11 is 0. The van der Waals surface area contributed by atoms with E-state index in [1.807, 2.05) is 0 Å². The molecule has 4 aromatic carbocycles. The molecule has 2 heterocycles. The van der Waals surface area contributed by atoms with Gasteiger partial charge in [0.05, 0.1) is 16.8 Å². The normalized spacial score (nSPS) is 19.3. The summed E-state index contributed by atoms with van der Waals surface area (Å²) in [5, 5.41) is 0.509. The van der Waals surface area contributed by atoms with Crippen LogP contribution in [0.3, 0.4) is 0 Å². The molecule has 2 N–H and O–H groups in total. The molecule has 1 fully saturated rings. The number of nitrogens with two attached hydrogens (primary N) is 1. The average molecular weight is 507 g/mol. The maximum atomic E-state index is 7.40. The lowest BCUT2D eigenvalue weighted by atomic mass is 9.52. The van der Waals surface area contributed by atoms with Gasteiger partial charge in [-0.15, -0.1) is 0 Å². The Morgan fingerprint density at radius 2 is 1.26 bits per heavy atom. The van der Waals surface area contributed by atoms with Gasteiger partial charge in [-0.1, -0.05) is 129 Å². The molecule has 0 amide bonds. The highest BCUT2D eigenvalue weighted by molar-refractivity contribution is 6.89. The third-order valence-corrected chi connectivity index (χ3v) is 10.2. The van der Waals surface area contributed by atoms with E-state index in [-0.39, 0.29) is 10.6 Å². The number of rotatable bonds is 3. The number of anilines is 3. The minimum absolute atomic E-state index is 0.255. The molecule has 3 heteroatoms. The highest BCUT2D eigenvalue weighted by Gasteiger charge is 2.68. The van der Waals surface area contributed by atoms with Crippen molar-refractivity contribution in [2.45, 2.75) is 50.7 Å². The zero-order valence-electron chi connectivity index (χ0n) is 23.5. The van der Waals surface area contributed by atoms with Gasteiger partial charge in [0.2, 0.25) is 0 Å². The van der Waals surface area contributed by atoms with Gasteiger partial charge in [0.1, 0.15) is 0 Å². The van der Waals surface area contributed by atoms with E-state index in [0.29, 0.717) is 6.71 Å². The second-order valence-electron chi connectivity index (χ2n) is 12.5. The molecule has 2 aliphatic heterocycles. The Labute approximate surface area is 233 Å². The molecule has 1 spiro atoms. The SMILES string of the molecule is C/C=C\C1=C(N)C2(c3cc(B4C(C)(C)C4(C)C)ccc31)c1ccccc1N(c1ccccc1)c1ccccc12. The van der Waals surface area contributed by atoms with Crippen LogP contribution in [0.25, 0.3) is 5.57 Å². The highest BCUT2D eigenvalue weighted by Crippen LogP contribution is 2.73. The molecular formula is C36H35BN2. The summed E-state index contributed by atoms with van der Waals surface area (Å²) in [5.74, 6) is 0. The second kappa shape index (κ2) is 8.02. The first-order valence-electron chi connectivity index (χ1n) is 14.1. The summed E-state index contributed by atoms with van der Waals surface area (Å²) in [7, 11) is 0. The van der Waals surface area contributed by atoms with Crippen LogP contribution in [0.4, 0.5) is 17.1 Å². The summed E-state index contributed by atoms with van der Waals surface area (Å²) in [6, 6.07) is 35.5. The molecule has 7 rings (SSSR count). The van der Waals surface area contributed by atoms with Gasteiger partial charge in [0, 0.05) is 17.0 Å². The average Bonchev–Trinajstić information content (AvgIpc) is 3.24. The lowest BCUT2D eigenvalue weighted by Gasteiger charge is -2.45. The minimum Gasteiger partial charge on any atom is -0.400 e. The standard InChI is InChI=1S/C36H35BN2/c1-6-14-27-26-22-21-24(37-34(2,3)35(37,4)5)23-30(26)36(33(27)38)28-17-10-12-19-31(28)39(25-15-8-7-9-16-25)32-20-13-11-18-29(32)36/h6-23H,38H2,1-5H3/b14-6-. The molecule has 2 nitrogen and oxygen atoms in total. The van der Waals surface area contributed by atoms with Gasteiger partial charge < -0.3 is 10.6 Å². The largest absolute Gasteiger partial charge is 0.400 e. The van der Waals surface area contributed by atoms with Gasteiger partial charge in [-0.2, -0.15) is 0 Å². The topological polar surface area (TPSA) is 29.3 Å². The highest BCUT2D eigenvalue weighted by atomic mass is 15.2. The fraction of sp³-hybridized carbons (Fsp3) is 0.222. The smallest absolute Gasteiger partial charge is 0.187 e. The van der Waals surface area contributed by atoms with E-state index in [1.54, 1.807) is 0 Å². The quantitative estimate of drug-likeness (QED) is 0.283. The molecule has 0 radical (unpaired) electrons. The van der Waals surface area contributed by atoms with E-state index >= 15 is 0 Å².